The minimum atomic E-state index is -3.58. The molecule has 2 aromatic rings. The van der Waals surface area contributed by atoms with Crippen LogP contribution in [0.3, 0.4) is 0 Å². The summed E-state index contributed by atoms with van der Waals surface area (Å²) in [5, 5.41) is 0. The first kappa shape index (κ1) is 18.8. The first-order valence-corrected chi connectivity index (χ1v) is 10.2. The molecule has 0 fully saturated rings. The molecule has 1 aromatic heterocycles. The fraction of sp³-hybridized carbons (Fsp3) is 0.474. The van der Waals surface area contributed by atoms with Gasteiger partial charge in [0, 0.05) is 39.2 Å². The largest absolute Gasteiger partial charge is 0.362 e. The molecular formula is C19H26N4O2S. The van der Waals surface area contributed by atoms with Gasteiger partial charge >= 0.3 is 0 Å². The molecular weight excluding hydrogens is 348 g/mol. The third-order valence-electron chi connectivity index (χ3n) is 4.74. The number of anilines is 1. The Labute approximate surface area is 155 Å². The van der Waals surface area contributed by atoms with Crippen molar-refractivity contribution >= 4 is 15.8 Å². The monoisotopic (exact) mass is 374 g/mol. The van der Waals surface area contributed by atoms with E-state index in [1.807, 2.05) is 58.8 Å². The van der Waals surface area contributed by atoms with Crippen molar-refractivity contribution in [3.63, 3.8) is 0 Å². The predicted molar refractivity (Wildman–Crippen MR) is 103 cm³/mol. The van der Waals surface area contributed by atoms with Gasteiger partial charge in [0.1, 0.15) is 11.6 Å². The van der Waals surface area contributed by atoms with Crippen LogP contribution in [0.25, 0.3) is 0 Å². The molecule has 0 aliphatic carbocycles. The maximum atomic E-state index is 13.4. The number of aryl methyl sites for hydroxylation is 4. The topological polar surface area (TPSA) is 66.4 Å². The normalized spacial score (nSPS) is 15.0. The molecule has 26 heavy (non-hydrogen) atoms. The van der Waals surface area contributed by atoms with Crippen molar-refractivity contribution < 1.29 is 8.42 Å². The van der Waals surface area contributed by atoms with Crippen LogP contribution in [0.1, 0.15) is 33.8 Å². The number of sulfonamides is 1. The number of hydrogen-bond donors (Lipinski definition) is 0. The van der Waals surface area contributed by atoms with Crippen LogP contribution in [0.15, 0.2) is 17.0 Å². The highest BCUT2D eigenvalue weighted by molar-refractivity contribution is 7.89. The van der Waals surface area contributed by atoms with Gasteiger partial charge in [0.15, 0.2) is 0 Å². The SMILES string of the molecule is Cc1cc(C)c(S(=O)(=O)N2CCc3nc(C)nc(N(C)C)c3C2)c(C)c1. The zero-order valence-electron chi connectivity index (χ0n) is 16.3. The number of benzene rings is 1. The van der Waals surface area contributed by atoms with Gasteiger partial charge in [-0.25, -0.2) is 18.4 Å². The van der Waals surface area contributed by atoms with Crippen molar-refractivity contribution in [2.45, 2.75) is 45.6 Å². The molecule has 0 saturated heterocycles. The summed E-state index contributed by atoms with van der Waals surface area (Å²) in [6, 6.07) is 3.85. The second kappa shape index (κ2) is 6.63. The van der Waals surface area contributed by atoms with Crippen LogP contribution >= 0.6 is 0 Å². The van der Waals surface area contributed by atoms with E-state index in [-0.39, 0.29) is 0 Å². The van der Waals surface area contributed by atoms with E-state index in [1.165, 1.54) is 0 Å². The van der Waals surface area contributed by atoms with Gasteiger partial charge in [0.2, 0.25) is 10.0 Å². The highest BCUT2D eigenvalue weighted by Gasteiger charge is 2.33. The first-order chi connectivity index (χ1) is 12.1. The molecule has 0 spiro atoms. The van der Waals surface area contributed by atoms with Crippen LogP contribution in [-0.2, 0) is 23.0 Å². The number of nitrogens with zero attached hydrogens (tertiary/aromatic N) is 4. The van der Waals surface area contributed by atoms with Gasteiger partial charge in [-0.3, -0.25) is 0 Å². The number of aromatic nitrogens is 2. The molecule has 0 N–H and O–H groups in total. The fourth-order valence-corrected chi connectivity index (χ4v) is 5.59. The number of fused-ring (bicyclic) bond motifs is 1. The van der Waals surface area contributed by atoms with Gasteiger partial charge in [-0.05, 0) is 38.8 Å². The number of rotatable bonds is 3. The first-order valence-electron chi connectivity index (χ1n) is 8.73. The van der Waals surface area contributed by atoms with Crippen molar-refractivity contribution in [2.24, 2.45) is 0 Å². The lowest BCUT2D eigenvalue weighted by Gasteiger charge is -2.31. The van der Waals surface area contributed by atoms with E-state index < -0.39 is 10.0 Å². The Bertz CT molecular complexity index is 945. The van der Waals surface area contributed by atoms with E-state index in [0.717, 1.165) is 33.8 Å². The highest BCUT2D eigenvalue weighted by atomic mass is 32.2. The van der Waals surface area contributed by atoms with E-state index in [9.17, 15) is 8.42 Å². The summed E-state index contributed by atoms with van der Waals surface area (Å²) in [6.07, 6.45) is 0.600. The molecule has 0 unspecified atom stereocenters. The molecule has 1 aliphatic heterocycles. The molecule has 1 aromatic carbocycles. The van der Waals surface area contributed by atoms with E-state index in [4.69, 9.17) is 0 Å². The minimum Gasteiger partial charge on any atom is -0.362 e. The summed E-state index contributed by atoms with van der Waals surface area (Å²) in [4.78, 5) is 11.4. The Morgan fingerprint density at radius 3 is 2.23 bits per heavy atom. The van der Waals surface area contributed by atoms with Gasteiger partial charge < -0.3 is 4.90 Å². The predicted octanol–water partition coefficient (Wildman–Crippen LogP) is 2.52. The van der Waals surface area contributed by atoms with Gasteiger partial charge in [0.25, 0.3) is 0 Å². The van der Waals surface area contributed by atoms with Gasteiger partial charge in [0.05, 0.1) is 10.6 Å². The molecule has 7 heteroatoms. The lowest BCUT2D eigenvalue weighted by Crippen LogP contribution is -2.38. The third kappa shape index (κ3) is 3.21. The van der Waals surface area contributed by atoms with Crippen molar-refractivity contribution in [3.05, 3.63) is 45.9 Å². The van der Waals surface area contributed by atoms with Crippen molar-refractivity contribution in [1.82, 2.24) is 14.3 Å². The van der Waals surface area contributed by atoms with E-state index in [2.05, 4.69) is 9.97 Å². The molecule has 0 saturated carbocycles. The van der Waals surface area contributed by atoms with E-state index in [0.29, 0.717) is 30.2 Å². The lowest BCUT2D eigenvalue weighted by molar-refractivity contribution is 0.386. The van der Waals surface area contributed by atoms with Crippen LogP contribution in [0, 0.1) is 27.7 Å². The van der Waals surface area contributed by atoms with Crippen LogP contribution in [0.4, 0.5) is 5.82 Å². The summed E-state index contributed by atoms with van der Waals surface area (Å²) in [5.74, 6) is 1.51. The molecule has 0 radical (unpaired) electrons. The molecule has 140 valence electrons. The summed E-state index contributed by atoms with van der Waals surface area (Å²) in [5.41, 5.74) is 4.51. The van der Waals surface area contributed by atoms with Crippen LogP contribution in [0.2, 0.25) is 0 Å². The van der Waals surface area contributed by atoms with Gasteiger partial charge in [-0.2, -0.15) is 4.31 Å². The summed E-state index contributed by atoms with van der Waals surface area (Å²) in [6.45, 7) is 8.32. The highest BCUT2D eigenvalue weighted by Crippen LogP contribution is 2.31. The van der Waals surface area contributed by atoms with Crippen molar-refractivity contribution in [3.8, 4) is 0 Å². The Hall–Kier alpha value is -1.99. The lowest BCUT2D eigenvalue weighted by atomic mass is 10.1. The molecule has 0 atom stereocenters. The zero-order valence-corrected chi connectivity index (χ0v) is 17.1. The standard InChI is InChI=1S/C19H26N4O2S/c1-12-9-13(2)18(14(3)10-12)26(24,25)23-8-7-17-16(11-23)19(22(5)6)21-15(4)20-17/h9-10H,7-8,11H2,1-6H3. The van der Waals surface area contributed by atoms with Crippen LogP contribution < -0.4 is 4.90 Å². The maximum Gasteiger partial charge on any atom is 0.243 e. The van der Waals surface area contributed by atoms with Gasteiger partial charge in [-0.15, -0.1) is 0 Å². The number of hydrogen-bond acceptors (Lipinski definition) is 5. The summed E-state index contributed by atoms with van der Waals surface area (Å²) in [7, 11) is 0.265. The van der Waals surface area contributed by atoms with E-state index >= 15 is 0 Å². The second-order valence-electron chi connectivity index (χ2n) is 7.23. The van der Waals surface area contributed by atoms with Crippen LogP contribution in [-0.4, -0.2) is 43.3 Å². The smallest absolute Gasteiger partial charge is 0.243 e. The molecule has 0 amide bonds. The molecule has 6 nitrogen and oxygen atoms in total. The fourth-order valence-electron chi connectivity index (χ4n) is 3.77. The Morgan fingerprint density at radius 2 is 1.65 bits per heavy atom. The Kier molecular flexibility index (Phi) is 4.79. The molecule has 2 heterocycles. The quantitative estimate of drug-likeness (QED) is 0.826. The van der Waals surface area contributed by atoms with E-state index in [1.54, 1.807) is 4.31 Å². The van der Waals surface area contributed by atoms with Crippen molar-refractivity contribution in [2.75, 3.05) is 25.5 Å². The average molecular weight is 375 g/mol. The van der Waals surface area contributed by atoms with Crippen LogP contribution in [0.5, 0.6) is 0 Å². The second-order valence-corrected chi connectivity index (χ2v) is 9.11. The summed E-state index contributed by atoms with van der Waals surface area (Å²) < 4.78 is 28.3. The molecule has 0 bridgehead atoms. The Morgan fingerprint density at radius 1 is 1.04 bits per heavy atom. The summed E-state index contributed by atoms with van der Waals surface area (Å²) >= 11 is 0. The molecule has 1 aliphatic rings. The van der Waals surface area contributed by atoms with Gasteiger partial charge in [-0.1, -0.05) is 17.7 Å². The zero-order chi connectivity index (χ0) is 19.2. The Balaban J connectivity index is 2.06. The van der Waals surface area contributed by atoms with Crippen molar-refractivity contribution in [1.29, 1.82) is 0 Å². The average Bonchev–Trinajstić information content (AvgIpc) is 2.52. The third-order valence-corrected chi connectivity index (χ3v) is 6.89. The maximum absolute atomic E-state index is 13.4. The molecule has 3 rings (SSSR count). The minimum absolute atomic E-state index is 0.304.